The number of unbranched alkanes of at least 4 members (excludes halogenated alkanes) is 1. The van der Waals surface area contributed by atoms with E-state index in [0.29, 0.717) is 0 Å². The quantitative estimate of drug-likeness (QED) is 0.866. The van der Waals surface area contributed by atoms with E-state index in [1.54, 1.807) is 0 Å². The van der Waals surface area contributed by atoms with Gasteiger partial charge in [0.05, 0.1) is 6.61 Å². The molecule has 1 N–H and O–H groups in total. The zero-order valence-electron chi connectivity index (χ0n) is 13.1. The van der Waals surface area contributed by atoms with E-state index in [1.807, 2.05) is 38.1 Å². The summed E-state index contributed by atoms with van der Waals surface area (Å²) in [4.78, 5) is 6.92. The lowest BCUT2D eigenvalue weighted by Gasteiger charge is -2.27. The summed E-state index contributed by atoms with van der Waals surface area (Å²) in [6.45, 7) is 7.14. The Balaban J connectivity index is 2.51. The Morgan fingerprint density at radius 3 is 2.48 bits per heavy atom. The first-order valence-corrected chi connectivity index (χ1v) is 7.58. The van der Waals surface area contributed by atoms with Crippen LogP contribution in [0.4, 0.5) is 11.5 Å². The summed E-state index contributed by atoms with van der Waals surface area (Å²) in [6, 6.07) is 12.3. The highest BCUT2D eigenvalue weighted by Crippen LogP contribution is 2.29. The number of benzene rings is 1. The number of anilines is 2. The van der Waals surface area contributed by atoms with Gasteiger partial charge in [-0.15, -0.1) is 0 Å². The number of hydrogen-bond donors (Lipinski definition) is 1. The average Bonchev–Trinajstić information content (AvgIpc) is 2.48. The number of aryl methyl sites for hydroxylation is 2. The van der Waals surface area contributed by atoms with Crippen molar-refractivity contribution in [1.82, 2.24) is 4.98 Å². The van der Waals surface area contributed by atoms with Crippen LogP contribution in [0.25, 0.3) is 0 Å². The van der Waals surface area contributed by atoms with E-state index in [4.69, 9.17) is 4.98 Å². The summed E-state index contributed by atoms with van der Waals surface area (Å²) in [7, 11) is 0. The second-order valence-electron chi connectivity index (χ2n) is 5.38. The van der Waals surface area contributed by atoms with Gasteiger partial charge >= 0.3 is 0 Å². The van der Waals surface area contributed by atoms with Gasteiger partial charge in [0, 0.05) is 23.5 Å². The van der Waals surface area contributed by atoms with Gasteiger partial charge in [0.15, 0.2) is 0 Å². The van der Waals surface area contributed by atoms with E-state index in [1.165, 1.54) is 0 Å². The van der Waals surface area contributed by atoms with Gasteiger partial charge in [0.1, 0.15) is 5.82 Å². The van der Waals surface area contributed by atoms with Crippen LogP contribution in [0, 0.1) is 13.8 Å². The average molecular weight is 284 g/mol. The molecule has 112 valence electrons. The summed E-state index contributed by atoms with van der Waals surface area (Å²) >= 11 is 0. The largest absolute Gasteiger partial charge is 0.392 e. The number of aromatic nitrogens is 1. The Hall–Kier alpha value is -1.87. The second-order valence-corrected chi connectivity index (χ2v) is 5.38. The molecule has 0 atom stereocenters. The topological polar surface area (TPSA) is 36.4 Å². The van der Waals surface area contributed by atoms with Crippen molar-refractivity contribution in [2.75, 3.05) is 11.4 Å². The van der Waals surface area contributed by atoms with Crippen LogP contribution >= 0.6 is 0 Å². The Morgan fingerprint density at radius 2 is 1.86 bits per heavy atom. The van der Waals surface area contributed by atoms with Crippen molar-refractivity contribution in [2.24, 2.45) is 0 Å². The molecule has 0 spiro atoms. The molecule has 2 aromatic rings. The number of pyridine rings is 1. The van der Waals surface area contributed by atoms with Gasteiger partial charge in [-0.3, -0.25) is 0 Å². The summed E-state index contributed by atoms with van der Waals surface area (Å²) in [5, 5.41) is 9.74. The summed E-state index contributed by atoms with van der Waals surface area (Å²) < 4.78 is 0. The van der Waals surface area contributed by atoms with Crippen LogP contribution < -0.4 is 4.90 Å². The Bertz CT molecular complexity index is 581. The summed E-state index contributed by atoms with van der Waals surface area (Å²) in [5.41, 5.74) is 4.12. The normalized spacial score (nSPS) is 10.7. The highest BCUT2D eigenvalue weighted by atomic mass is 16.3. The smallest absolute Gasteiger partial charge is 0.139 e. The lowest BCUT2D eigenvalue weighted by Crippen LogP contribution is -2.22. The van der Waals surface area contributed by atoms with Crippen molar-refractivity contribution in [3.05, 3.63) is 53.2 Å². The molecule has 0 amide bonds. The lowest BCUT2D eigenvalue weighted by atomic mass is 10.1. The third-order valence-electron chi connectivity index (χ3n) is 3.67. The number of nitrogens with zero attached hydrogens (tertiary/aromatic N) is 2. The minimum absolute atomic E-state index is 0.0178. The predicted octanol–water partition coefficient (Wildman–Crippen LogP) is 4.13. The molecule has 0 aliphatic rings. The van der Waals surface area contributed by atoms with Gasteiger partial charge in [-0.1, -0.05) is 31.5 Å². The number of para-hydroxylation sites is 1. The lowest BCUT2D eigenvalue weighted by molar-refractivity contribution is 0.281. The number of aliphatic hydroxyl groups excluding tert-OH is 1. The Labute approximate surface area is 127 Å². The van der Waals surface area contributed by atoms with Gasteiger partial charge < -0.3 is 10.0 Å². The number of aliphatic hydroxyl groups is 1. The molecule has 0 bridgehead atoms. The molecule has 3 heteroatoms. The van der Waals surface area contributed by atoms with E-state index in [-0.39, 0.29) is 6.61 Å². The van der Waals surface area contributed by atoms with Crippen molar-refractivity contribution in [3.63, 3.8) is 0 Å². The van der Waals surface area contributed by atoms with Crippen molar-refractivity contribution < 1.29 is 5.11 Å². The van der Waals surface area contributed by atoms with E-state index >= 15 is 0 Å². The SMILES string of the molecule is CCCCN(c1ccccc1)c1nc(C)cc(C)c1CO. The van der Waals surface area contributed by atoms with Crippen LogP contribution in [0.15, 0.2) is 36.4 Å². The highest BCUT2D eigenvalue weighted by Gasteiger charge is 2.16. The second kappa shape index (κ2) is 7.23. The molecule has 1 aromatic carbocycles. The monoisotopic (exact) mass is 284 g/mol. The number of rotatable bonds is 6. The zero-order valence-corrected chi connectivity index (χ0v) is 13.1. The molecule has 3 nitrogen and oxygen atoms in total. The molecule has 0 aliphatic carbocycles. The Kier molecular flexibility index (Phi) is 5.34. The van der Waals surface area contributed by atoms with Gasteiger partial charge in [-0.05, 0) is 44.0 Å². The maximum Gasteiger partial charge on any atom is 0.139 e. The van der Waals surface area contributed by atoms with Crippen molar-refractivity contribution in [3.8, 4) is 0 Å². The van der Waals surface area contributed by atoms with Crippen LogP contribution in [0.3, 0.4) is 0 Å². The molecule has 0 aliphatic heterocycles. The van der Waals surface area contributed by atoms with Crippen molar-refractivity contribution >= 4 is 11.5 Å². The maximum absolute atomic E-state index is 9.74. The van der Waals surface area contributed by atoms with Crippen molar-refractivity contribution in [1.29, 1.82) is 0 Å². The van der Waals surface area contributed by atoms with Gasteiger partial charge in [-0.2, -0.15) is 0 Å². The third-order valence-corrected chi connectivity index (χ3v) is 3.67. The van der Waals surface area contributed by atoms with E-state index in [0.717, 1.165) is 47.7 Å². The van der Waals surface area contributed by atoms with Crippen LogP contribution in [-0.4, -0.2) is 16.6 Å². The third kappa shape index (κ3) is 3.61. The van der Waals surface area contributed by atoms with Crippen molar-refractivity contribution in [2.45, 2.75) is 40.2 Å². The van der Waals surface area contributed by atoms with Crippen LogP contribution in [0.5, 0.6) is 0 Å². The van der Waals surface area contributed by atoms with Gasteiger partial charge in [-0.25, -0.2) is 4.98 Å². The van der Waals surface area contributed by atoms with E-state index < -0.39 is 0 Å². The molecule has 2 rings (SSSR count). The predicted molar refractivity (Wildman–Crippen MR) is 88.0 cm³/mol. The van der Waals surface area contributed by atoms with Crippen LogP contribution in [0.1, 0.15) is 36.6 Å². The van der Waals surface area contributed by atoms with Gasteiger partial charge in [0.25, 0.3) is 0 Å². The van der Waals surface area contributed by atoms with Crippen LogP contribution in [-0.2, 0) is 6.61 Å². The maximum atomic E-state index is 9.74. The minimum Gasteiger partial charge on any atom is -0.392 e. The molecular formula is C18H24N2O. The minimum atomic E-state index is 0.0178. The molecule has 0 radical (unpaired) electrons. The fraction of sp³-hybridized carbons (Fsp3) is 0.389. The Morgan fingerprint density at radius 1 is 1.14 bits per heavy atom. The fourth-order valence-electron chi connectivity index (χ4n) is 2.54. The van der Waals surface area contributed by atoms with Gasteiger partial charge in [0.2, 0.25) is 0 Å². The first-order chi connectivity index (χ1) is 10.2. The van der Waals surface area contributed by atoms with E-state index in [9.17, 15) is 5.11 Å². The summed E-state index contributed by atoms with van der Waals surface area (Å²) in [6.07, 6.45) is 2.22. The molecule has 1 heterocycles. The highest BCUT2D eigenvalue weighted by molar-refractivity contribution is 5.64. The zero-order chi connectivity index (χ0) is 15.2. The fourth-order valence-corrected chi connectivity index (χ4v) is 2.54. The van der Waals surface area contributed by atoms with E-state index in [2.05, 4.69) is 24.0 Å². The molecule has 0 saturated carbocycles. The first-order valence-electron chi connectivity index (χ1n) is 7.58. The summed E-state index contributed by atoms with van der Waals surface area (Å²) in [5.74, 6) is 0.884. The standard InChI is InChI=1S/C18H24N2O/c1-4-5-11-20(16-9-7-6-8-10-16)18-17(13-21)14(2)12-15(3)19-18/h6-10,12,21H,4-5,11,13H2,1-3H3. The molecule has 0 fully saturated rings. The van der Waals surface area contributed by atoms with Crippen LogP contribution in [0.2, 0.25) is 0 Å². The molecule has 0 saturated heterocycles. The number of hydrogen-bond acceptors (Lipinski definition) is 3. The molecule has 0 unspecified atom stereocenters. The molecule has 21 heavy (non-hydrogen) atoms. The molecular weight excluding hydrogens is 260 g/mol. The first kappa shape index (κ1) is 15.5. The molecule has 1 aromatic heterocycles.